The summed E-state index contributed by atoms with van der Waals surface area (Å²) in [7, 11) is 2.20. The average molecular weight is 275 g/mol. The fraction of sp³-hybridized carbons (Fsp3) is 0.467. The lowest BCUT2D eigenvalue weighted by molar-refractivity contribution is 0.149. The lowest BCUT2D eigenvalue weighted by Crippen LogP contribution is -2.43. The molecule has 0 radical (unpaired) electrons. The van der Waals surface area contributed by atoms with E-state index in [1.165, 1.54) is 46.7 Å². The van der Waals surface area contributed by atoms with Crippen molar-refractivity contribution in [3.05, 3.63) is 34.7 Å². The molecule has 2 heterocycles. The van der Waals surface area contributed by atoms with Gasteiger partial charge in [-0.3, -0.25) is 4.90 Å². The first kappa shape index (κ1) is 13.1. The van der Waals surface area contributed by atoms with Gasteiger partial charge in [0.2, 0.25) is 0 Å². The third kappa shape index (κ3) is 2.82. The van der Waals surface area contributed by atoms with Gasteiger partial charge in [-0.25, -0.2) is 0 Å². The maximum Gasteiger partial charge on any atom is 0.0349 e. The van der Waals surface area contributed by atoms with Crippen LogP contribution in [0.3, 0.4) is 0 Å². The zero-order valence-electron chi connectivity index (χ0n) is 11.4. The molecule has 0 unspecified atom stereocenters. The molecule has 0 aliphatic carbocycles. The Labute approximate surface area is 118 Å². The Morgan fingerprint density at radius 2 is 2.00 bits per heavy atom. The lowest BCUT2D eigenvalue weighted by atomic mass is 10.1. The third-order valence-corrected chi connectivity index (χ3v) is 4.98. The Hall–Kier alpha value is -0.940. The van der Waals surface area contributed by atoms with Crippen LogP contribution in [0.25, 0.3) is 10.1 Å². The van der Waals surface area contributed by atoms with Crippen molar-refractivity contribution in [2.75, 3.05) is 33.2 Å². The Kier molecular flexibility index (Phi) is 3.84. The molecule has 0 atom stereocenters. The number of rotatable bonds is 3. The predicted molar refractivity (Wildman–Crippen MR) is 82.5 cm³/mol. The summed E-state index contributed by atoms with van der Waals surface area (Å²) in [5.41, 5.74) is 7.08. The maximum atomic E-state index is 5.81. The van der Waals surface area contributed by atoms with Crippen LogP contribution in [-0.2, 0) is 13.1 Å². The van der Waals surface area contributed by atoms with Crippen LogP contribution in [0.15, 0.2) is 24.3 Å². The quantitative estimate of drug-likeness (QED) is 0.931. The smallest absolute Gasteiger partial charge is 0.0349 e. The van der Waals surface area contributed by atoms with Crippen LogP contribution >= 0.6 is 11.3 Å². The molecule has 0 bridgehead atoms. The largest absolute Gasteiger partial charge is 0.326 e. The number of fused-ring (bicyclic) bond motifs is 1. The average Bonchev–Trinajstić information content (AvgIpc) is 2.83. The molecule has 102 valence electrons. The van der Waals surface area contributed by atoms with Crippen LogP contribution in [-0.4, -0.2) is 43.0 Å². The number of benzene rings is 1. The second-order valence-corrected chi connectivity index (χ2v) is 6.49. The highest BCUT2D eigenvalue weighted by atomic mass is 32.1. The van der Waals surface area contributed by atoms with Crippen molar-refractivity contribution in [1.29, 1.82) is 0 Å². The van der Waals surface area contributed by atoms with Gasteiger partial charge in [-0.15, -0.1) is 11.3 Å². The van der Waals surface area contributed by atoms with E-state index in [9.17, 15) is 0 Å². The molecule has 19 heavy (non-hydrogen) atoms. The number of thiophene rings is 1. The minimum absolute atomic E-state index is 0.627. The van der Waals surface area contributed by atoms with Crippen molar-refractivity contribution < 1.29 is 0 Å². The summed E-state index contributed by atoms with van der Waals surface area (Å²) in [6.45, 7) is 6.42. The first-order valence-corrected chi connectivity index (χ1v) is 7.69. The van der Waals surface area contributed by atoms with Crippen molar-refractivity contribution in [3.63, 3.8) is 0 Å². The fourth-order valence-electron chi connectivity index (χ4n) is 2.66. The van der Waals surface area contributed by atoms with Crippen LogP contribution in [0, 0.1) is 0 Å². The van der Waals surface area contributed by atoms with E-state index in [0.29, 0.717) is 6.54 Å². The van der Waals surface area contributed by atoms with Crippen molar-refractivity contribution >= 4 is 21.4 Å². The van der Waals surface area contributed by atoms with E-state index in [4.69, 9.17) is 5.73 Å². The molecule has 0 amide bonds. The third-order valence-electron chi connectivity index (χ3n) is 3.90. The molecule has 0 spiro atoms. The van der Waals surface area contributed by atoms with Gasteiger partial charge >= 0.3 is 0 Å². The molecule has 2 aromatic rings. The lowest BCUT2D eigenvalue weighted by Gasteiger charge is -2.31. The van der Waals surface area contributed by atoms with E-state index in [2.05, 4.69) is 41.1 Å². The van der Waals surface area contributed by atoms with Crippen molar-refractivity contribution in [1.82, 2.24) is 9.80 Å². The summed E-state index contributed by atoms with van der Waals surface area (Å²) in [5.74, 6) is 0. The monoisotopic (exact) mass is 275 g/mol. The van der Waals surface area contributed by atoms with Crippen LogP contribution in [0.1, 0.15) is 10.4 Å². The standard InChI is InChI=1S/C15H21N3S/c1-17-5-7-18(8-6-17)11-13-9-14-12(10-16)3-2-4-15(14)19-13/h2-4,9H,5-8,10-11,16H2,1H3. The minimum atomic E-state index is 0.627. The Morgan fingerprint density at radius 3 is 2.74 bits per heavy atom. The molecule has 2 N–H and O–H groups in total. The minimum Gasteiger partial charge on any atom is -0.326 e. The Morgan fingerprint density at radius 1 is 1.21 bits per heavy atom. The highest BCUT2D eigenvalue weighted by Crippen LogP contribution is 2.29. The molecule has 4 heteroatoms. The number of piperazine rings is 1. The fourth-order valence-corrected chi connectivity index (χ4v) is 3.81. The number of nitrogens with zero attached hydrogens (tertiary/aromatic N) is 2. The first-order valence-electron chi connectivity index (χ1n) is 6.87. The maximum absolute atomic E-state index is 5.81. The molecule has 1 aromatic carbocycles. The van der Waals surface area contributed by atoms with Crippen LogP contribution in [0.2, 0.25) is 0 Å². The van der Waals surface area contributed by atoms with E-state index in [0.717, 1.165) is 6.54 Å². The summed E-state index contributed by atoms with van der Waals surface area (Å²) in [6, 6.07) is 8.78. The van der Waals surface area contributed by atoms with E-state index in [-0.39, 0.29) is 0 Å². The molecule has 1 saturated heterocycles. The van der Waals surface area contributed by atoms with Gasteiger partial charge in [-0.05, 0) is 30.1 Å². The molecule has 1 aliphatic rings. The molecular formula is C15H21N3S. The number of hydrogen-bond acceptors (Lipinski definition) is 4. The summed E-state index contributed by atoms with van der Waals surface area (Å²) in [4.78, 5) is 6.40. The molecule has 1 aliphatic heterocycles. The van der Waals surface area contributed by atoms with Crippen LogP contribution < -0.4 is 5.73 Å². The van der Waals surface area contributed by atoms with Gasteiger partial charge in [0.25, 0.3) is 0 Å². The summed E-state index contributed by atoms with van der Waals surface area (Å²) < 4.78 is 1.37. The van der Waals surface area contributed by atoms with Gasteiger partial charge in [0.15, 0.2) is 0 Å². The van der Waals surface area contributed by atoms with Gasteiger partial charge in [0, 0.05) is 48.8 Å². The summed E-state index contributed by atoms with van der Waals surface area (Å²) in [5, 5.41) is 1.35. The zero-order valence-corrected chi connectivity index (χ0v) is 12.2. The molecule has 1 aromatic heterocycles. The molecule has 0 saturated carbocycles. The molecule has 3 rings (SSSR count). The topological polar surface area (TPSA) is 32.5 Å². The molecule has 1 fully saturated rings. The second-order valence-electron chi connectivity index (χ2n) is 5.33. The SMILES string of the molecule is CN1CCN(Cc2cc3c(CN)cccc3s2)CC1. The van der Waals surface area contributed by atoms with Gasteiger partial charge in [0.1, 0.15) is 0 Å². The normalized spacial score (nSPS) is 18.2. The van der Waals surface area contributed by atoms with E-state index in [1.54, 1.807) is 0 Å². The van der Waals surface area contributed by atoms with Crippen molar-refractivity contribution in [3.8, 4) is 0 Å². The van der Waals surface area contributed by atoms with Gasteiger partial charge in [-0.1, -0.05) is 12.1 Å². The first-order chi connectivity index (χ1) is 9.26. The number of hydrogen-bond donors (Lipinski definition) is 1. The van der Waals surface area contributed by atoms with E-state index in [1.807, 2.05) is 11.3 Å². The van der Waals surface area contributed by atoms with Crippen molar-refractivity contribution in [2.24, 2.45) is 5.73 Å². The van der Waals surface area contributed by atoms with Crippen LogP contribution in [0.4, 0.5) is 0 Å². The molecular weight excluding hydrogens is 254 g/mol. The highest BCUT2D eigenvalue weighted by molar-refractivity contribution is 7.19. The van der Waals surface area contributed by atoms with Gasteiger partial charge in [-0.2, -0.15) is 0 Å². The van der Waals surface area contributed by atoms with Crippen LogP contribution in [0.5, 0.6) is 0 Å². The molecule has 3 nitrogen and oxygen atoms in total. The van der Waals surface area contributed by atoms with Crippen molar-refractivity contribution in [2.45, 2.75) is 13.1 Å². The summed E-state index contributed by atoms with van der Waals surface area (Å²) >= 11 is 1.91. The summed E-state index contributed by atoms with van der Waals surface area (Å²) in [6.07, 6.45) is 0. The second kappa shape index (κ2) is 5.59. The Balaban J connectivity index is 1.78. The number of nitrogens with two attached hydrogens (primary N) is 1. The highest BCUT2D eigenvalue weighted by Gasteiger charge is 2.15. The van der Waals surface area contributed by atoms with E-state index >= 15 is 0 Å². The number of likely N-dealkylation sites (N-methyl/N-ethyl adjacent to an activating group) is 1. The predicted octanol–water partition coefficient (Wildman–Crippen LogP) is 2.11. The van der Waals surface area contributed by atoms with Gasteiger partial charge in [0.05, 0.1) is 0 Å². The zero-order chi connectivity index (χ0) is 13.2. The Bertz CT molecular complexity index is 556. The van der Waals surface area contributed by atoms with Gasteiger partial charge < -0.3 is 10.6 Å². The van der Waals surface area contributed by atoms with E-state index < -0.39 is 0 Å².